The first kappa shape index (κ1) is 9.72. The summed E-state index contributed by atoms with van der Waals surface area (Å²) in [6, 6.07) is 8.74. The van der Waals surface area contributed by atoms with Crippen molar-refractivity contribution < 1.29 is 0 Å². The Balaban J connectivity index is 2.23. The summed E-state index contributed by atoms with van der Waals surface area (Å²) < 4.78 is 0. The highest BCUT2D eigenvalue weighted by atomic mass is 14.7. The van der Waals surface area contributed by atoms with Crippen molar-refractivity contribution in [2.24, 2.45) is 5.73 Å². The molecule has 0 saturated heterocycles. The van der Waals surface area contributed by atoms with Gasteiger partial charge in [-0.15, -0.1) is 0 Å². The molecule has 76 valence electrons. The fraction of sp³-hybridized carbons (Fsp3) is 0.538. The number of hydrogen-bond donors (Lipinski definition) is 1. The molecule has 0 bridgehead atoms. The van der Waals surface area contributed by atoms with E-state index in [1.807, 2.05) is 0 Å². The van der Waals surface area contributed by atoms with E-state index in [0.29, 0.717) is 0 Å². The minimum Gasteiger partial charge on any atom is -0.325 e. The summed E-state index contributed by atoms with van der Waals surface area (Å²) in [7, 11) is 0. The SMILES string of the molecule is CC(C)(N)Cc1ccccc1C1CC1. The normalized spacial score (nSPS) is 17.1. The van der Waals surface area contributed by atoms with E-state index in [9.17, 15) is 0 Å². The van der Waals surface area contributed by atoms with Gasteiger partial charge in [0, 0.05) is 5.54 Å². The zero-order chi connectivity index (χ0) is 10.2. The first-order valence-corrected chi connectivity index (χ1v) is 5.43. The highest BCUT2D eigenvalue weighted by Crippen LogP contribution is 2.42. The molecule has 0 heterocycles. The lowest BCUT2D eigenvalue weighted by Crippen LogP contribution is -2.34. The van der Waals surface area contributed by atoms with Crippen LogP contribution in [0.25, 0.3) is 0 Å². The van der Waals surface area contributed by atoms with Crippen LogP contribution < -0.4 is 5.73 Å². The highest BCUT2D eigenvalue weighted by molar-refractivity contribution is 5.34. The summed E-state index contributed by atoms with van der Waals surface area (Å²) in [6.45, 7) is 4.19. The molecule has 1 aromatic rings. The van der Waals surface area contributed by atoms with E-state index >= 15 is 0 Å². The monoisotopic (exact) mass is 189 g/mol. The number of benzene rings is 1. The minimum atomic E-state index is -0.0923. The first-order valence-electron chi connectivity index (χ1n) is 5.43. The van der Waals surface area contributed by atoms with Crippen molar-refractivity contribution in [2.75, 3.05) is 0 Å². The predicted octanol–water partition coefficient (Wildman–Crippen LogP) is 2.84. The van der Waals surface area contributed by atoms with Crippen molar-refractivity contribution >= 4 is 0 Å². The molecule has 1 aliphatic rings. The molecule has 14 heavy (non-hydrogen) atoms. The Kier molecular flexibility index (Phi) is 2.36. The van der Waals surface area contributed by atoms with E-state index in [1.165, 1.54) is 24.0 Å². The highest BCUT2D eigenvalue weighted by Gasteiger charge is 2.26. The molecule has 0 radical (unpaired) electrons. The number of hydrogen-bond acceptors (Lipinski definition) is 1. The summed E-state index contributed by atoms with van der Waals surface area (Å²) in [5, 5.41) is 0. The van der Waals surface area contributed by atoms with Crippen molar-refractivity contribution in [3.8, 4) is 0 Å². The molecule has 2 rings (SSSR count). The van der Waals surface area contributed by atoms with Gasteiger partial charge in [0.2, 0.25) is 0 Å². The summed E-state index contributed by atoms with van der Waals surface area (Å²) in [4.78, 5) is 0. The molecule has 0 unspecified atom stereocenters. The van der Waals surface area contributed by atoms with Crippen molar-refractivity contribution in [3.05, 3.63) is 35.4 Å². The fourth-order valence-corrected chi connectivity index (χ4v) is 1.98. The Labute approximate surface area is 86.3 Å². The number of rotatable bonds is 3. The molecule has 0 aromatic heterocycles. The largest absolute Gasteiger partial charge is 0.325 e. The van der Waals surface area contributed by atoms with Crippen LogP contribution in [0.15, 0.2) is 24.3 Å². The fourth-order valence-electron chi connectivity index (χ4n) is 1.98. The van der Waals surface area contributed by atoms with Gasteiger partial charge in [0.15, 0.2) is 0 Å². The maximum absolute atomic E-state index is 6.06. The van der Waals surface area contributed by atoms with E-state index in [0.717, 1.165) is 12.3 Å². The van der Waals surface area contributed by atoms with Gasteiger partial charge in [-0.3, -0.25) is 0 Å². The van der Waals surface area contributed by atoms with Crippen LogP contribution in [0.3, 0.4) is 0 Å². The quantitative estimate of drug-likeness (QED) is 0.777. The molecule has 2 N–H and O–H groups in total. The van der Waals surface area contributed by atoms with Gasteiger partial charge in [0.05, 0.1) is 0 Å². The second kappa shape index (κ2) is 3.39. The van der Waals surface area contributed by atoms with Gasteiger partial charge in [0.1, 0.15) is 0 Å². The zero-order valence-corrected chi connectivity index (χ0v) is 9.09. The van der Waals surface area contributed by atoms with Gasteiger partial charge in [-0.25, -0.2) is 0 Å². The lowest BCUT2D eigenvalue weighted by molar-refractivity contribution is 0.514. The van der Waals surface area contributed by atoms with Crippen LogP contribution in [0, 0.1) is 0 Å². The second-order valence-electron chi connectivity index (χ2n) is 5.14. The second-order valence-corrected chi connectivity index (χ2v) is 5.14. The molecular weight excluding hydrogens is 170 g/mol. The molecule has 0 aliphatic heterocycles. The smallest absolute Gasteiger partial charge is 0.0138 e. The van der Waals surface area contributed by atoms with Crippen LogP contribution in [0.2, 0.25) is 0 Å². The first-order chi connectivity index (χ1) is 6.56. The average molecular weight is 189 g/mol. The Morgan fingerprint density at radius 1 is 1.29 bits per heavy atom. The predicted molar refractivity (Wildman–Crippen MR) is 60.4 cm³/mol. The van der Waals surface area contributed by atoms with Gasteiger partial charge in [-0.2, -0.15) is 0 Å². The average Bonchev–Trinajstić information content (AvgIpc) is 2.85. The van der Waals surface area contributed by atoms with Crippen molar-refractivity contribution in [1.82, 2.24) is 0 Å². The zero-order valence-electron chi connectivity index (χ0n) is 9.09. The summed E-state index contributed by atoms with van der Waals surface area (Å²) in [6.07, 6.45) is 3.71. The molecule has 1 fully saturated rings. The van der Waals surface area contributed by atoms with Crippen molar-refractivity contribution in [3.63, 3.8) is 0 Å². The van der Waals surface area contributed by atoms with Crippen LogP contribution in [0.5, 0.6) is 0 Å². The van der Waals surface area contributed by atoms with Crippen LogP contribution >= 0.6 is 0 Å². The van der Waals surface area contributed by atoms with Gasteiger partial charge >= 0.3 is 0 Å². The van der Waals surface area contributed by atoms with Gasteiger partial charge in [-0.05, 0) is 50.2 Å². The van der Waals surface area contributed by atoms with E-state index < -0.39 is 0 Å². The Bertz CT molecular complexity index is 318. The maximum Gasteiger partial charge on any atom is 0.0138 e. The molecule has 0 amide bonds. The molecule has 0 spiro atoms. The molecule has 1 nitrogen and oxygen atoms in total. The Morgan fingerprint density at radius 2 is 1.93 bits per heavy atom. The van der Waals surface area contributed by atoms with E-state index in [1.54, 1.807) is 0 Å². The summed E-state index contributed by atoms with van der Waals surface area (Å²) >= 11 is 0. The maximum atomic E-state index is 6.06. The Morgan fingerprint density at radius 3 is 2.50 bits per heavy atom. The third-order valence-electron chi connectivity index (χ3n) is 2.72. The van der Waals surface area contributed by atoms with Crippen molar-refractivity contribution in [2.45, 2.75) is 44.6 Å². The van der Waals surface area contributed by atoms with E-state index in [2.05, 4.69) is 38.1 Å². The Hall–Kier alpha value is -0.820. The van der Waals surface area contributed by atoms with Crippen molar-refractivity contribution in [1.29, 1.82) is 0 Å². The number of nitrogens with two attached hydrogens (primary N) is 1. The lowest BCUT2D eigenvalue weighted by Gasteiger charge is -2.20. The summed E-state index contributed by atoms with van der Waals surface area (Å²) in [5.41, 5.74) is 8.94. The lowest BCUT2D eigenvalue weighted by atomic mass is 9.91. The molecule has 1 saturated carbocycles. The summed E-state index contributed by atoms with van der Waals surface area (Å²) in [5.74, 6) is 0.827. The third kappa shape index (κ3) is 2.36. The third-order valence-corrected chi connectivity index (χ3v) is 2.72. The molecular formula is C13H19N. The molecule has 1 aromatic carbocycles. The van der Waals surface area contributed by atoms with Gasteiger partial charge in [-0.1, -0.05) is 24.3 Å². The van der Waals surface area contributed by atoms with Gasteiger partial charge in [0.25, 0.3) is 0 Å². The standard InChI is InChI=1S/C13H19N/c1-13(2,14)9-11-5-3-4-6-12(11)10-7-8-10/h3-6,10H,7-9,14H2,1-2H3. The molecule has 0 atom stereocenters. The van der Waals surface area contributed by atoms with Crippen LogP contribution in [-0.2, 0) is 6.42 Å². The van der Waals surface area contributed by atoms with E-state index in [4.69, 9.17) is 5.73 Å². The minimum absolute atomic E-state index is 0.0923. The molecule has 1 aliphatic carbocycles. The van der Waals surface area contributed by atoms with E-state index in [-0.39, 0.29) is 5.54 Å². The van der Waals surface area contributed by atoms with Gasteiger partial charge < -0.3 is 5.73 Å². The van der Waals surface area contributed by atoms with Crippen LogP contribution in [0.1, 0.15) is 43.7 Å². The topological polar surface area (TPSA) is 26.0 Å². The van der Waals surface area contributed by atoms with Crippen LogP contribution in [-0.4, -0.2) is 5.54 Å². The molecule has 1 heteroatoms. The van der Waals surface area contributed by atoms with Crippen LogP contribution in [0.4, 0.5) is 0 Å².